The maximum Gasteiger partial charge on any atom is 0.264 e. The highest BCUT2D eigenvalue weighted by Crippen LogP contribution is 2.27. The van der Waals surface area contributed by atoms with Crippen molar-refractivity contribution in [1.29, 1.82) is 0 Å². The summed E-state index contributed by atoms with van der Waals surface area (Å²) in [5.74, 6) is -0.114. The molecule has 0 saturated carbocycles. The van der Waals surface area contributed by atoms with E-state index in [4.69, 9.17) is 4.74 Å². The predicted octanol–water partition coefficient (Wildman–Crippen LogP) is 5.37. The molecule has 1 amide bonds. The number of ether oxygens (including phenoxy) is 1. The summed E-state index contributed by atoms with van der Waals surface area (Å²) in [4.78, 5) is 13.1. The third-order valence-electron chi connectivity index (χ3n) is 6.85. The highest BCUT2D eigenvalue weighted by molar-refractivity contribution is 7.92. The van der Waals surface area contributed by atoms with Crippen LogP contribution in [0, 0.1) is 34.6 Å². The van der Waals surface area contributed by atoms with Gasteiger partial charge in [-0.1, -0.05) is 29.8 Å². The molecule has 8 nitrogen and oxygen atoms in total. The fourth-order valence-electron chi connectivity index (χ4n) is 4.44. The van der Waals surface area contributed by atoms with Gasteiger partial charge in [0.15, 0.2) is 0 Å². The number of hydrazone groups is 1. The SMILES string of the molecule is COc1cccc(N(CC(=O)N/N=C\c2cc(C)n(-c3ccc(C)c(C)c3)c2C)S(=O)(=O)c2ccc(C)cc2)c1. The van der Waals surface area contributed by atoms with Crippen LogP contribution in [-0.4, -0.2) is 38.8 Å². The molecule has 0 aliphatic rings. The number of methoxy groups -OCH3 is 1. The number of hydrogen-bond acceptors (Lipinski definition) is 5. The van der Waals surface area contributed by atoms with Gasteiger partial charge in [0.1, 0.15) is 12.3 Å². The largest absolute Gasteiger partial charge is 0.497 e. The summed E-state index contributed by atoms with van der Waals surface area (Å²) in [7, 11) is -2.56. The van der Waals surface area contributed by atoms with Crippen molar-refractivity contribution in [3.63, 3.8) is 0 Å². The number of aromatic nitrogens is 1. The molecule has 208 valence electrons. The van der Waals surface area contributed by atoms with Crippen LogP contribution in [0.15, 0.2) is 82.8 Å². The van der Waals surface area contributed by atoms with Crippen molar-refractivity contribution in [1.82, 2.24) is 9.99 Å². The average molecular weight is 559 g/mol. The summed E-state index contributed by atoms with van der Waals surface area (Å²) < 4.78 is 35.7. The van der Waals surface area contributed by atoms with E-state index in [9.17, 15) is 13.2 Å². The van der Waals surface area contributed by atoms with Gasteiger partial charge in [-0.25, -0.2) is 13.8 Å². The zero-order chi connectivity index (χ0) is 29.0. The Morgan fingerprint density at radius 2 is 1.68 bits per heavy atom. The van der Waals surface area contributed by atoms with Gasteiger partial charge in [-0.15, -0.1) is 0 Å². The normalized spacial score (nSPS) is 11.6. The standard InChI is InChI=1S/C31H34N4O4S/c1-21-10-14-30(15-11-21)40(37,38)34(27-8-7-9-29(18-27)39-6)20-31(36)33-32-19-26-17-24(4)35(25(26)5)28-13-12-22(2)23(3)16-28/h7-19H,20H2,1-6H3,(H,33,36)/b32-19-. The van der Waals surface area contributed by atoms with Crippen molar-refractivity contribution in [2.75, 3.05) is 18.0 Å². The van der Waals surface area contributed by atoms with Crippen molar-refractivity contribution < 1.29 is 17.9 Å². The van der Waals surface area contributed by atoms with Gasteiger partial charge in [0.05, 0.1) is 23.9 Å². The van der Waals surface area contributed by atoms with E-state index in [1.54, 1.807) is 42.6 Å². The second-order valence-corrected chi connectivity index (χ2v) is 11.6. The average Bonchev–Trinajstić information content (AvgIpc) is 3.21. The highest BCUT2D eigenvalue weighted by atomic mass is 32.2. The maximum absolute atomic E-state index is 13.6. The molecular formula is C31H34N4O4S. The van der Waals surface area contributed by atoms with Crippen LogP contribution in [-0.2, 0) is 14.8 Å². The highest BCUT2D eigenvalue weighted by Gasteiger charge is 2.27. The molecule has 0 unspecified atom stereocenters. The van der Waals surface area contributed by atoms with Gasteiger partial charge in [0.25, 0.3) is 15.9 Å². The van der Waals surface area contributed by atoms with E-state index in [1.807, 2.05) is 26.8 Å². The number of nitrogens with one attached hydrogen (secondary N) is 1. The zero-order valence-corrected chi connectivity index (χ0v) is 24.4. The molecule has 0 aliphatic carbocycles. The Morgan fingerprint density at radius 3 is 2.35 bits per heavy atom. The Balaban J connectivity index is 1.57. The molecule has 0 radical (unpaired) electrons. The summed E-state index contributed by atoms with van der Waals surface area (Å²) in [6.07, 6.45) is 1.57. The smallest absolute Gasteiger partial charge is 0.264 e. The van der Waals surface area contributed by atoms with Crippen LogP contribution in [0.2, 0.25) is 0 Å². The molecule has 1 N–H and O–H groups in total. The Bertz CT molecular complexity index is 1670. The molecule has 1 heterocycles. The van der Waals surface area contributed by atoms with E-state index in [0.29, 0.717) is 11.4 Å². The van der Waals surface area contributed by atoms with Gasteiger partial charge in [0, 0.05) is 28.7 Å². The zero-order valence-electron chi connectivity index (χ0n) is 23.6. The van der Waals surface area contributed by atoms with Gasteiger partial charge < -0.3 is 9.30 Å². The minimum atomic E-state index is -4.05. The summed E-state index contributed by atoms with van der Waals surface area (Å²) in [6.45, 7) is 9.57. The molecule has 3 aromatic carbocycles. The summed E-state index contributed by atoms with van der Waals surface area (Å²) in [6, 6.07) is 21.4. The number of rotatable bonds is 9. The van der Waals surface area contributed by atoms with E-state index in [1.165, 1.54) is 30.4 Å². The number of hydrogen-bond donors (Lipinski definition) is 1. The third-order valence-corrected chi connectivity index (χ3v) is 8.64. The van der Waals surface area contributed by atoms with E-state index >= 15 is 0 Å². The number of aryl methyl sites for hydroxylation is 4. The van der Waals surface area contributed by atoms with Gasteiger partial charge in [-0.3, -0.25) is 9.10 Å². The van der Waals surface area contributed by atoms with Gasteiger partial charge in [-0.05, 0) is 88.2 Å². The molecule has 0 atom stereocenters. The predicted molar refractivity (Wildman–Crippen MR) is 159 cm³/mol. The number of amides is 1. The Labute approximate surface area is 236 Å². The molecular weight excluding hydrogens is 524 g/mol. The van der Waals surface area contributed by atoms with Crippen molar-refractivity contribution in [3.05, 3.63) is 106 Å². The molecule has 9 heteroatoms. The molecule has 4 aromatic rings. The van der Waals surface area contributed by atoms with Crippen LogP contribution < -0.4 is 14.5 Å². The first-order valence-electron chi connectivity index (χ1n) is 12.8. The van der Waals surface area contributed by atoms with Crippen LogP contribution in [0.4, 0.5) is 5.69 Å². The van der Waals surface area contributed by atoms with Crippen molar-refractivity contribution in [2.24, 2.45) is 5.10 Å². The number of carbonyl (C=O) groups excluding carboxylic acids is 1. The van der Waals surface area contributed by atoms with E-state index in [2.05, 4.69) is 47.1 Å². The first kappa shape index (κ1) is 28.6. The lowest BCUT2D eigenvalue weighted by Gasteiger charge is -2.24. The van der Waals surface area contributed by atoms with Crippen LogP contribution in [0.25, 0.3) is 5.69 Å². The number of nitrogens with zero attached hydrogens (tertiary/aromatic N) is 3. The molecule has 1 aromatic heterocycles. The van der Waals surface area contributed by atoms with Gasteiger partial charge >= 0.3 is 0 Å². The lowest BCUT2D eigenvalue weighted by Crippen LogP contribution is -2.39. The minimum absolute atomic E-state index is 0.0796. The lowest BCUT2D eigenvalue weighted by atomic mass is 10.1. The first-order chi connectivity index (χ1) is 19.0. The van der Waals surface area contributed by atoms with Crippen LogP contribution >= 0.6 is 0 Å². The summed E-state index contributed by atoms with van der Waals surface area (Å²) in [5, 5.41) is 4.14. The van der Waals surface area contributed by atoms with E-state index in [0.717, 1.165) is 32.5 Å². The van der Waals surface area contributed by atoms with Crippen LogP contribution in [0.1, 0.15) is 33.6 Å². The van der Waals surface area contributed by atoms with E-state index < -0.39 is 22.5 Å². The first-order valence-corrected chi connectivity index (χ1v) is 14.3. The second-order valence-electron chi connectivity index (χ2n) is 9.75. The molecule has 0 spiro atoms. The third kappa shape index (κ3) is 6.10. The number of anilines is 1. The quantitative estimate of drug-likeness (QED) is 0.221. The van der Waals surface area contributed by atoms with Crippen molar-refractivity contribution in [2.45, 2.75) is 39.5 Å². The molecule has 40 heavy (non-hydrogen) atoms. The Morgan fingerprint density at radius 1 is 0.950 bits per heavy atom. The topological polar surface area (TPSA) is 93.0 Å². The molecule has 0 saturated heterocycles. The minimum Gasteiger partial charge on any atom is -0.497 e. The van der Waals surface area contributed by atoms with Gasteiger partial charge in [0.2, 0.25) is 0 Å². The van der Waals surface area contributed by atoms with Gasteiger partial charge in [-0.2, -0.15) is 5.10 Å². The van der Waals surface area contributed by atoms with Crippen LogP contribution in [0.5, 0.6) is 5.75 Å². The Kier molecular flexibility index (Phi) is 8.44. The molecule has 0 fully saturated rings. The second kappa shape index (κ2) is 11.8. The lowest BCUT2D eigenvalue weighted by molar-refractivity contribution is -0.119. The van der Waals surface area contributed by atoms with Crippen molar-refractivity contribution in [3.8, 4) is 11.4 Å². The van der Waals surface area contributed by atoms with E-state index in [-0.39, 0.29) is 4.90 Å². The molecule has 0 aliphatic heterocycles. The number of benzene rings is 3. The fraction of sp³-hybridized carbons (Fsp3) is 0.226. The molecule has 0 bridgehead atoms. The number of carbonyl (C=O) groups is 1. The summed E-state index contributed by atoms with van der Waals surface area (Å²) >= 11 is 0. The summed E-state index contributed by atoms with van der Waals surface area (Å²) in [5.41, 5.74) is 10.0. The Hall–Kier alpha value is -4.37. The fourth-order valence-corrected chi connectivity index (χ4v) is 5.85. The van der Waals surface area contributed by atoms with Crippen LogP contribution in [0.3, 0.4) is 0 Å². The maximum atomic E-state index is 13.6. The molecule has 4 rings (SSSR count). The monoisotopic (exact) mass is 558 g/mol. The van der Waals surface area contributed by atoms with Crippen molar-refractivity contribution >= 4 is 27.8 Å². The number of sulfonamides is 1.